The van der Waals surface area contributed by atoms with Crippen molar-refractivity contribution in [2.45, 2.75) is 31.0 Å². The Hall–Kier alpha value is -1.48. The van der Waals surface area contributed by atoms with E-state index in [2.05, 4.69) is 24.6 Å². The van der Waals surface area contributed by atoms with Crippen molar-refractivity contribution in [1.29, 1.82) is 0 Å². The number of nitrogens with zero attached hydrogens (tertiary/aromatic N) is 5. The van der Waals surface area contributed by atoms with Crippen LogP contribution in [-0.4, -0.2) is 82.8 Å². The second kappa shape index (κ2) is 10.5. The Morgan fingerprint density at radius 1 is 0.862 bits per heavy atom. The molecule has 0 amide bonds. The van der Waals surface area contributed by atoms with Gasteiger partial charge in [0.1, 0.15) is 5.82 Å². The van der Waals surface area contributed by atoms with Crippen LogP contribution in [-0.2, 0) is 11.3 Å². The van der Waals surface area contributed by atoms with Gasteiger partial charge in [0.25, 0.3) is 0 Å². The van der Waals surface area contributed by atoms with Gasteiger partial charge in [0.05, 0.1) is 13.2 Å². The summed E-state index contributed by atoms with van der Waals surface area (Å²) >= 11 is 1.78. The minimum Gasteiger partial charge on any atom is -0.379 e. The number of halogens is 1. The predicted octanol–water partition coefficient (Wildman–Crippen LogP) is 2.99. The average Bonchev–Trinajstić information content (AvgIpc) is 3.17. The number of thioether (sulfide) groups is 1. The number of likely N-dealkylation sites (tertiary alicyclic amines) is 1. The van der Waals surface area contributed by atoms with Gasteiger partial charge in [-0.2, -0.15) is 0 Å². The van der Waals surface area contributed by atoms with Crippen molar-refractivity contribution >= 4 is 11.8 Å². The fourth-order valence-corrected chi connectivity index (χ4v) is 4.89. The zero-order chi connectivity index (χ0) is 19.9. The number of hydrogen-bond donors (Lipinski definition) is 0. The molecule has 8 heteroatoms. The van der Waals surface area contributed by atoms with Crippen molar-refractivity contribution < 1.29 is 9.13 Å². The van der Waals surface area contributed by atoms with Crippen molar-refractivity contribution in [3.8, 4) is 11.4 Å². The molecule has 1 aromatic carbocycles. The average molecular weight is 420 g/mol. The van der Waals surface area contributed by atoms with Crippen molar-refractivity contribution in [2.75, 3.05) is 58.2 Å². The van der Waals surface area contributed by atoms with E-state index in [1.54, 1.807) is 23.9 Å². The van der Waals surface area contributed by atoms with Gasteiger partial charge in [-0.15, -0.1) is 10.2 Å². The van der Waals surface area contributed by atoms with E-state index in [4.69, 9.17) is 4.74 Å². The Labute approximate surface area is 176 Å². The molecule has 3 heterocycles. The molecule has 2 aliphatic rings. The molecule has 0 saturated carbocycles. The van der Waals surface area contributed by atoms with E-state index >= 15 is 0 Å². The standard InChI is InChI=1S/C21H30FN5OS/c22-19-6-4-18(5-7-19)20-23-24-21(29-17-14-25-8-2-1-3-9-25)27(20)11-10-26-12-15-28-16-13-26/h4-7H,1-3,8-17H2. The number of hydrogen-bond acceptors (Lipinski definition) is 6. The fourth-order valence-electron chi connectivity index (χ4n) is 3.92. The maximum atomic E-state index is 13.4. The van der Waals surface area contributed by atoms with Crippen LogP contribution in [0.25, 0.3) is 11.4 Å². The molecule has 0 atom stereocenters. The number of rotatable bonds is 8. The molecular formula is C21H30FN5OS. The lowest BCUT2D eigenvalue weighted by atomic mass is 10.1. The molecule has 0 unspecified atom stereocenters. The molecule has 2 aromatic rings. The van der Waals surface area contributed by atoms with Crippen molar-refractivity contribution in [1.82, 2.24) is 24.6 Å². The summed E-state index contributed by atoms with van der Waals surface area (Å²) in [6.07, 6.45) is 3.99. The van der Waals surface area contributed by atoms with Gasteiger partial charge >= 0.3 is 0 Å². The summed E-state index contributed by atoms with van der Waals surface area (Å²) in [6.45, 7) is 8.80. The zero-order valence-electron chi connectivity index (χ0n) is 16.9. The van der Waals surface area contributed by atoms with Gasteiger partial charge in [-0.1, -0.05) is 18.2 Å². The molecule has 2 saturated heterocycles. The molecule has 0 radical (unpaired) electrons. The number of morpholine rings is 1. The Morgan fingerprint density at radius 2 is 1.59 bits per heavy atom. The summed E-state index contributed by atoms with van der Waals surface area (Å²) in [5, 5.41) is 9.89. The second-order valence-electron chi connectivity index (χ2n) is 7.67. The van der Waals surface area contributed by atoms with E-state index in [9.17, 15) is 4.39 Å². The third-order valence-corrected chi connectivity index (χ3v) is 6.60. The largest absolute Gasteiger partial charge is 0.379 e. The molecular weight excluding hydrogens is 389 g/mol. The molecule has 0 bridgehead atoms. The van der Waals surface area contributed by atoms with Crippen LogP contribution in [0, 0.1) is 5.82 Å². The molecule has 6 nitrogen and oxygen atoms in total. The molecule has 0 N–H and O–H groups in total. The number of benzene rings is 1. The third kappa shape index (κ3) is 5.78. The maximum Gasteiger partial charge on any atom is 0.191 e. The summed E-state index contributed by atoms with van der Waals surface area (Å²) in [5.74, 6) is 1.60. The van der Waals surface area contributed by atoms with Crippen LogP contribution in [0.3, 0.4) is 0 Å². The van der Waals surface area contributed by atoms with Gasteiger partial charge in [0.2, 0.25) is 0 Å². The van der Waals surface area contributed by atoms with Gasteiger partial charge in [-0.25, -0.2) is 4.39 Å². The first-order valence-corrected chi connectivity index (χ1v) is 11.6. The van der Waals surface area contributed by atoms with Crippen LogP contribution in [0.5, 0.6) is 0 Å². The first-order valence-electron chi connectivity index (χ1n) is 10.6. The van der Waals surface area contributed by atoms with Crippen molar-refractivity contribution in [2.24, 2.45) is 0 Å². The summed E-state index contributed by atoms with van der Waals surface area (Å²) in [6, 6.07) is 6.54. The highest BCUT2D eigenvalue weighted by Gasteiger charge is 2.18. The van der Waals surface area contributed by atoms with E-state index in [1.807, 2.05) is 0 Å². The molecule has 0 spiro atoms. The molecule has 2 fully saturated rings. The Bertz CT molecular complexity index is 757. The van der Waals surface area contributed by atoms with E-state index in [0.717, 1.165) is 68.2 Å². The first kappa shape index (κ1) is 20.8. The lowest BCUT2D eigenvalue weighted by molar-refractivity contribution is 0.0361. The summed E-state index contributed by atoms with van der Waals surface area (Å²) in [4.78, 5) is 4.96. The number of aromatic nitrogens is 3. The van der Waals surface area contributed by atoms with Crippen molar-refractivity contribution in [3.63, 3.8) is 0 Å². The van der Waals surface area contributed by atoms with Gasteiger partial charge in [0, 0.05) is 44.0 Å². The zero-order valence-corrected chi connectivity index (χ0v) is 17.7. The fraction of sp³-hybridized carbons (Fsp3) is 0.619. The van der Waals surface area contributed by atoms with Crippen LogP contribution in [0.2, 0.25) is 0 Å². The highest BCUT2D eigenvalue weighted by molar-refractivity contribution is 7.99. The van der Waals surface area contributed by atoms with Crippen molar-refractivity contribution in [3.05, 3.63) is 30.1 Å². The predicted molar refractivity (Wildman–Crippen MR) is 114 cm³/mol. The first-order chi connectivity index (χ1) is 14.3. The van der Waals surface area contributed by atoms with Crippen LogP contribution in [0.1, 0.15) is 19.3 Å². The highest BCUT2D eigenvalue weighted by atomic mass is 32.2. The van der Waals surface area contributed by atoms with Gasteiger partial charge in [0.15, 0.2) is 11.0 Å². The molecule has 2 aliphatic heterocycles. The van der Waals surface area contributed by atoms with Gasteiger partial charge in [-0.05, 0) is 50.2 Å². The summed E-state index contributed by atoms with van der Waals surface area (Å²) in [5.41, 5.74) is 0.906. The van der Waals surface area contributed by atoms with Crippen LogP contribution in [0.4, 0.5) is 4.39 Å². The Balaban J connectivity index is 1.44. The third-order valence-electron chi connectivity index (χ3n) is 5.65. The van der Waals surface area contributed by atoms with E-state index < -0.39 is 0 Å². The van der Waals surface area contributed by atoms with Crippen LogP contribution in [0.15, 0.2) is 29.4 Å². The minimum absolute atomic E-state index is 0.232. The summed E-state index contributed by atoms with van der Waals surface area (Å²) in [7, 11) is 0. The quantitative estimate of drug-likeness (QED) is 0.613. The molecule has 0 aliphatic carbocycles. The van der Waals surface area contributed by atoms with E-state index in [1.165, 1.54) is 44.5 Å². The Morgan fingerprint density at radius 3 is 2.34 bits per heavy atom. The molecule has 158 valence electrons. The van der Waals surface area contributed by atoms with Crippen LogP contribution < -0.4 is 0 Å². The van der Waals surface area contributed by atoms with E-state index in [-0.39, 0.29) is 5.82 Å². The Kier molecular flexibility index (Phi) is 7.54. The number of piperidine rings is 1. The lowest BCUT2D eigenvalue weighted by Gasteiger charge is -2.27. The second-order valence-corrected chi connectivity index (χ2v) is 8.73. The van der Waals surface area contributed by atoms with Gasteiger partial charge in [-0.3, -0.25) is 4.90 Å². The normalized spacial score (nSPS) is 18.9. The summed E-state index contributed by atoms with van der Waals surface area (Å²) < 4.78 is 21.0. The molecule has 1 aromatic heterocycles. The highest BCUT2D eigenvalue weighted by Crippen LogP contribution is 2.25. The minimum atomic E-state index is -0.232. The topological polar surface area (TPSA) is 46.4 Å². The number of ether oxygens (including phenoxy) is 1. The smallest absolute Gasteiger partial charge is 0.191 e. The monoisotopic (exact) mass is 419 g/mol. The van der Waals surface area contributed by atoms with Gasteiger partial charge < -0.3 is 14.2 Å². The molecule has 29 heavy (non-hydrogen) atoms. The van der Waals surface area contributed by atoms with Crippen LogP contribution >= 0.6 is 11.8 Å². The SMILES string of the molecule is Fc1ccc(-c2nnc(SCCN3CCCCC3)n2CCN2CCOCC2)cc1. The lowest BCUT2D eigenvalue weighted by Crippen LogP contribution is -2.38. The maximum absolute atomic E-state index is 13.4. The van der Waals surface area contributed by atoms with E-state index in [0.29, 0.717) is 0 Å². The molecule has 4 rings (SSSR count).